The van der Waals surface area contributed by atoms with Gasteiger partial charge in [0.05, 0.1) is 19.3 Å². The van der Waals surface area contributed by atoms with Crippen LogP contribution in [0.4, 0.5) is 0 Å². The van der Waals surface area contributed by atoms with E-state index in [9.17, 15) is 4.79 Å². The van der Waals surface area contributed by atoms with E-state index < -0.39 is 0 Å². The van der Waals surface area contributed by atoms with Gasteiger partial charge < -0.3 is 25.4 Å². The topological polar surface area (TPSA) is 84.0 Å². The Labute approximate surface area is 204 Å². The molecule has 1 amide bonds. The molecule has 1 aliphatic rings. The lowest BCUT2D eigenvalue weighted by atomic mass is 10.1. The molecule has 1 aromatic carbocycles. The molecule has 0 spiro atoms. The number of rotatable bonds is 13. The summed E-state index contributed by atoms with van der Waals surface area (Å²) in [5.74, 6) is 0.772. The van der Waals surface area contributed by atoms with E-state index in [1.165, 1.54) is 0 Å². The Morgan fingerprint density at radius 3 is 2.58 bits per heavy atom. The molecule has 2 rings (SSSR count). The second-order valence-corrected chi connectivity index (χ2v) is 7.49. The third-order valence-corrected chi connectivity index (χ3v) is 4.88. The highest BCUT2D eigenvalue weighted by Crippen LogP contribution is 2.11. The first kappa shape index (κ1) is 27.6. The summed E-state index contributed by atoms with van der Waals surface area (Å²) in [5.41, 5.74) is 1.75. The molecule has 1 fully saturated rings. The lowest BCUT2D eigenvalue weighted by molar-refractivity contribution is 0.0168. The minimum Gasteiger partial charge on any atom is -0.379 e. The smallest absolute Gasteiger partial charge is 0.251 e. The van der Waals surface area contributed by atoms with Crippen LogP contribution in [0.15, 0.2) is 29.3 Å². The molecule has 31 heavy (non-hydrogen) atoms. The minimum atomic E-state index is -0.0183. The maximum Gasteiger partial charge on any atom is 0.251 e. The van der Waals surface area contributed by atoms with E-state index in [-0.39, 0.29) is 36.0 Å². The van der Waals surface area contributed by atoms with Gasteiger partial charge in [-0.1, -0.05) is 25.5 Å². The Hall–Kier alpha value is -1.39. The van der Waals surface area contributed by atoms with E-state index in [1.807, 2.05) is 31.2 Å². The maximum atomic E-state index is 12.1. The van der Waals surface area contributed by atoms with E-state index in [4.69, 9.17) is 9.47 Å². The van der Waals surface area contributed by atoms with Gasteiger partial charge in [-0.15, -0.1) is 24.0 Å². The van der Waals surface area contributed by atoms with Gasteiger partial charge in [0.15, 0.2) is 5.96 Å². The monoisotopic (exact) mass is 546 g/mol. The maximum absolute atomic E-state index is 12.1. The van der Waals surface area contributed by atoms with Gasteiger partial charge in [0.25, 0.3) is 5.91 Å². The molecule has 0 saturated carbocycles. The molecule has 176 valence electrons. The molecule has 1 heterocycles. The van der Waals surface area contributed by atoms with Gasteiger partial charge in [-0.3, -0.25) is 4.79 Å². The Kier molecular flexibility index (Phi) is 15.3. The van der Waals surface area contributed by atoms with Crippen molar-refractivity contribution in [1.82, 2.24) is 16.0 Å². The van der Waals surface area contributed by atoms with Gasteiger partial charge in [-0.2, -0.15) is 0 Å². The van der Waals surface area contributed by atoms with Gasteiger partial charge in [0.2, 0.25) is 0 Å². The van der Waals surface area contributed by atoms with Crippen LogP contribution in [0.3, 0.4) is 0 Å². The van der Waals surface area contributed by atoms with Gasteiger partial charge in [0, 0.05) is 38.4 Å². The van der Waals surface area contributed by atoms with Gasteiger partial charge >= 0.3 is 0 Å². The van der Waals surface area contributed by atoms with Crippen molar-refractivity contribution < 1.29 is 14.3 Å². The van der Waals surface area contributed by atoms with E-state index in [2.05, 4.69) is 27.9 Å². The standard InChI is InChI=1S/C23H38N4O3.HI/c1-3-5-13-25-22(28)20-11-9-19(10-12-20)17-27-23(24-4-2)26-14-7-15-29-18-21-8-6-16-30-21;/h9-12,21H,3-8,13-18H2,1-2H3,(H,25,28)(H2,24,26,27);1H. The van der Waals surface area contributed by atoms with E-state index in [0.717, 1.165) is 69.9 Å². The van der Waals surface area contributed by atoms with E-state index in [0.29, 0.717) is 25.3 Å². The van der Waals surface area contributed by atoms with E-state index >= 15 is 0 Å². The van der Waals surface area contributed by atoms with Crippen molar-refractivity contribution in [3.8, 4) is 0 Å². The second-order valence-electron chi connectivity index (χ2n) is 7.49. The van der Waals surface area contributed by atoms with Crippen LogP contribution in [0.1, 0.15) is 61.9 Å². The number of unbranched alkanes of at least 4 members (excludes halogenated alkanes) is 1. The van der Waals surface area contributed by atoms with Gasteiger partial charge in [0.1, 0.15) is 0 Å². The molecule has 1 unspecified atom stereocenters. The molecule has 1 saturated heterocycles. The molecule has 0 bridgehead atoms. The number of guanidine groups is 1. The number of aliphatic imine (C=N–C) groups is 1. The summed E-state index contributed by atoms with van der Waals surface area (Å²) >= 11 is 0. The number of halogens is 1. The number of hydrogen-bond acceptors (Lipinski definition) is 4. The van der Waals surface area contributed by atoms with Crippen LogP contribution < -0.4 is 16.0 Å². The normalized spacial score (nSPS) is 15.9. The number of carbonyl (C=O) groups excluding carboxylic acids is 1. The fourth-order valence-corrected chi connectivity index (χ4v) is 3.13. The molecule has 0 aromatic heterocycles. The number of ether oxygens (including phenoxy) is 2. The number of hydrogen-bond donors (Lipinski definition) is 3. The van der Waals surface area contributed by atoms with Crippen molar-refractivity contribution in [1.29, 1.82) is 0 Å². The zero-order valence-electron chi connectivity index (χ0n) is 19.0. The Morgan fingerprint density at radius 2 is 1.90 bits per heavy atom. The Balaban J connectivity index is 0.00000480. The Morgan fingerprint density at radius 1 is 1.13 bits per heavy atom. The minimum absolute atomic E-state index is 0. The van der Waals surface area contributed by atoms with Crippen molar-refractivity contribution in [2.75, 3.05) is 39.5 Å². The summed E-state index contributed by atoms with van der Waals surface area (Å²) in [6, 6.07) is 7.64. The van der Waals surface area contributed by atoms with E-state index in [1.54, 1.807) is 0 Å². The summed E-state index contributed by atoms with van der Waals surface area (Å²) < 4.78 is 11.2. The van der Waals surface area contributed by atoms with Crippen LogP contribution in [0.5, 0.6) is 0 Å². The zero-order valence-corrected chi connectivity index (χ0v) is 21.3. The van der Waals surface area contributed by atoms with Crippen LogP contribution in [-0.4, -0.2) is 57.4 Å². The van der Waals surface area contributed by atoms with Gasteiger partial charge in [-0.05, 0) is 50.3 Å². The van der Waals surface area contributed by atoms with Gasteiger partial charge in [-0.25, -0.2) is 4.99 Å². The molecule has 3 N–H and O–H groups in total. The number of carbonyl (C=O) groups is 1. The lowest BCUT2D eigenvalue weighted by Gasteiger charge is -2.13. The number of nitrogens with one attached hydrogen (secondary N) is 3. The van der Waals surface area contributed by atoms with Crippen LogP contribution in [0, 0.1) is 0 Å². The molecular weight excluding hydrogens is 507 g/mol. The van der Waals surface area contributed by atoms with Crippen LogP contribution in [0.25, 0.3) is 0 Å². The fourth-order valence-electron chi connectivity index (χ4n) is 3.13. The molecule has 1 aliphatic heterocycles. The lowest BCUT2D eigenvalue weighted by Crippen LogP contribution is -2.38. The summed E-state index contributed by atoms with van der Waals surface area (Å²) in [7, 11) is 0. The second kappa shape index (κ2) is 17.2. The predicted molar refractivity (Wildman–Crippen MR) is 136 cm³/mol. The average molecular weight is 546 g/mol. The quantitative estimate of drug-likeness (QED) is 0.153. The molecule has 0 radical (unpaired) electrons. The molecular formula is C23H39IN4O3. The Bertz CT molecular complexity index is 634. The van der Waals surface area contributed by atoms with Crippen LogP contribution in [-0.2, 0) is 16.0 Å². The predicted octanol–water partition coefficient (Wildman–Crippen LogP) is 3.48. The fraction of sp³-hybridized carbons (Fsp3) is 0.652. The third kappa shape index (κ3) is 11.7. The first-order valence-electron chi connectivity index (χ1n) is 11.3. The molecule has 0 aliphatic carbocycles. The zero-order chi connectivity index (χ0) is 21.4. The van der Waals surface area contributed by atoms with Crippen molar-refractivity contribution >= 4 is 35.8 Å². The van der Waals surface area contributed by atoms with Crippen molar-refractivity contribution in [2.45, 2.75) is 58.6 Å². The third-order valence-electron chi connectivity index (χ3n) is 4.88. The number of amides is 1. The molecule has 1 aromatic rings. The summed E-state index contributed by atoms with van der Waals surface area (Å²) in [5, 5.41) is 9.54. The molecule has 7 nitrogen and oxygen atoms in total. The molecule has 1 atom stereocenters. The largest absolute Gasteiger partial charge is 0.379 e. The summed E-state index contributed by atoms with van der Waals surface area (Å²) in [4.78, 5) is 16.7. The SMILES string of the molecule is CCCCNC(=O)c1ccc(CN=C(NCC)NCCCOCC2CCCO2)cc1.I. The van der Waals surface area contributed by atoms with Crippen LogP contribution >= 0.6 is 24.0 Å². The number of nitrogens with zero attached hydrogens (tertiary/aromatic N) is 1. The number of benzene rings is 1. The summed E-state index contributed by atoms with van der Waals surface area (Å²) in [6.45, 7) is 9.32. The first-order chi connectivity index (χ1) is 14.7. The van der Waals surface area contributed by atoms with Crippen molar-refractivity contribution in [2.24, 2.45) is 4.99 Å². The highest BCUT2D eigenvalue weighted by atomic mass is 127. The van der Waals surface area contributed by atoms with Crippen molar-refractivity contribution in [3.05, 3.63) is 35.4 Å². The first-order valence-corrected chi connectivity index (χ1v) is 11.3. The molecule has 8 heteroatoms. The summed E-state index contributed by atoms with van der Waals surface area (Å²) in [6.07, 6.45) is 5.53. The average Bonchev–Trinajstić information content (AvgIpc) is 3.28. The van der Waals surface area contributed by atoms with Crippen molar-refractivity contribution in [3.63, 3.8) is 0 Å². The van der Waals surface area contributed by atoms with Crippen LogP contribution in [0.2, 0.25) is 0 Å². The highest BCUT2D eigenvalue weighted by Gasteiger charge is 2.14. The highest BCUT2D eigenvalue weighted by molar-refractivity contribution is 14.0.